The monoisotopic (exact) mass is 550 g/mol. The summed E-state index contributed by atoms with van der Waals surface area (Å²) in [6.07, 6.45) is 0. The Morgan fingerprint density at radius 3 is 1.23 bits per heavy atom. The predicted octanol–water partition coefficient (Wildman–Crippen LogP) is 9.64. The lowest BCUT2D eigenvalue weighted by atomic mass is 10.0. The number of hydrogen-bond acceptors (Lipinski definition) is 3. The van der Waals surface area contributed by atoms with Crippen LogP contribution in [-0.2, 0) is 0 Å². The van der Waals surface area contributed by atoms with Gasteiger partial charge in [-0.2, -0.15) is 0 Å². The van der Waals surface area contributed by atoms with Gasteiger partial charge < -0.3 is 4.57 Å². The molecule has 0 aliphatic heterocycles. The van der Waals surface area contributed by atoms with E-state index in [1.165, 1.54) is 16.5 Å². The van der Waals surface area contributed by atoms with Crippen LogP contribution in [-0.4, -0.2) is 19.5 Å². The summed E-state index contributed by atoms with van der Waals surface area (Å²) in [4.78, 5) is 14.8. The third kappa shape index (κ3) is 4.55. The second kappa shape index (κ2) is 10.5. The van der Waals surface area contributed by atoms with Crippen LogP contribution in [0.15, 0.2) is 158 Å². The van der Waals surface area contributed by atoms with Gasteiger partial charge in [0.2, 0.25) is 0 Å². The topological polar surface area (TPSA) is 43.6 Å². The van der Waals surface area contributed by atoms with Gasteiger partial charge in [0.05, 0.1) is 11.0 Å². The molecular formula is C39H26N4. The summed E-state index contributed by atoms with van der Waals surface area (Å²) in [5.41, 5.74) is 8.65. The van der Waals surface area contributed by atoms with Gasteiger partial charge in [0.1, 0.15) is 0 Å². The maximum atomic E-state index is 4.99. The van der Waals surface area contributed by atoms with Gasteiger partial charge in [-0.25, -0.2) is 15.0 Å². The van der Waals surface area contributed by atoms with Crippen LogP contribution in [0.5, 0.6) is 0 Å². The highest BCUT2D eigenvalue weighted by Crippen LogP contribution is 2.37. The van der Waals surface area contributed by atoms with Crippen LogP contribution in [0.25, 0.3) is 72.8 Å². The Hall–Kier alpha value is -5.87. The van der Waals surface area contributed by atoms with Crippen LogP contribution in [0.2, 0.25) is 0 Å². The molecule has 0 radical (unpaired) electrons. The van der Waals surface area contributed by atoms with Crippen molar-refractivity contribution in [3.05, 3.63) is 158 Å². The van der Waals surface area contributed by atoms with E-state index >= 15 is 0 Å². The van der Waals surface area contributed by atoms with Crippen molar-refractivity contribution in [3.8, 4) is 51.0 Å². The summed E-state index contributed by atoms with van der Waals surface area (Å²) >= 11 is 0. The number of fused-ring (bicyclic) bond motifs is 3. The van der Waals surface area contributed by atoms with E-state index in [1.54, 1.807) is 0 Å². The van der Waals surface area contributed by atoms with Gasteiger partial charge in [-0.15, -0.1) is 0 Å². The number of benzene rings is 6. The molecule has 202 valence electrons. The number of hydrogen-bond donors (Lipinski definition) is 0. The average molecular weight is 551 g/mol. The molecule has 2 heterocycles. The van der Waals surface area contributed by atoms with Gasteiger partial charge >= 0.3 is 0 Å². The zero-order valence-corrected chi connectivity index (χ0v) is 23.3. The van der Waals surface area contributed by atoms with Crippen molar-refractivity contribution in [2.75, 3.05) is 0 Å². The Kier molecular flexibility index (Phi) is 6.08. The van der Waals surface area contributed by atoms with Crippen molar-refractivity contribution in [2.45, 2.75) is 0 Å². The molecule has 0 amide bonds. The first-order valence-corrected chi connectivity index (χ1v) is 14.4. The maximum Gasteiger partial charge on any atom is 0.164 e. The summed E-state index contributed by atoms with van der Waals surface area (Å²) in [6.45, 7) is 0. The molecule has 0 fully saturated rings. The zero-order valence-electron chi connectivity index (χ0n) is 23.3. The summed E-state index contributed by atoms with van der Waals surface area (Å²) in [5.74, 6) is 1.96. The van der Waals surface area contributed by atoms with E-state index < -0.39 is 0 Å². The lowest BCUT2D eigenvalue weighted by Crippen LogP contribution is -2.00. The first-order valence-electron chi connectivity index (χ1n) is 14.4. The first-order chi connectivity index (χ1) is 21.3. The Balaban J connectivity index is 1.37. The van der Waals surface area contributed by atoms with Crippen molar-refractivity contribution in [1.82, 2.24) is 19.5 Å². The Morgan fingerprint density at radius 1 is 0.326 bits per heavy atom. The second-order valence-corrected chi connectivity index (χ2v) is 10.5. The van der Waals surface area contributed by atoms with Crippen molar-refractivity contribution in [3.63, 3.8) is 0 Å². The highest BCUT2D eigenvalue weighted by Gasteiger charge is 2.17. The van der Waals surface area contributed by atoms with E-state index in [4.69, 9.17) is 15.0 Å². The largest absolute Gasteiger partial charge is 0.309 e. The van der Waals surface area contributed by atoms with Gasteiger partial charge in [-0.1, -0.05) is 115 Å². The Labute approximate surface area is 249 Å². The summed E-state index contributed by atoms with van der Waals surface area (Å²) in [5, 5.41) is 2.33. The molecule has 0 aliphatic carbocycles. The van der Waals surface area contributed by atoms with Crippen LogP contribution >= 0.6 is 0 Å². The summed E-state index contributed by atoms with van der Waals surface area (Å²) < 4.78 is 2.33. The van der Waals surface area contributed by atoms with Crippen molar-refractivity contribution in [1.29, 1.82) is 0 Å². The molecule has 4 nitrogen and oxygen atoms in total. The van der Waals surface area contributed by atoms with Gasteiger partial charge in [-0.05, 0) is 53.6 Å². The number of nitrogens with zero attached hydrogens (tertiary/aromatic N) is 4. The number of para-hydroxylation sites is 1. The molecule has 0 bridgehead atoms. The van der Waals surface area contributed by atoms with Crippen LogP contribution in [0, 0.1) is 0 Å². The fourth-order valence-corrected chi connectivity index (χ4v) is 5.77. The minimum atomic E-state index is 0.648. The molecule has 8 aromatic rings. The standard InChI is InChI=1S/C39H26N4/c1-5-13-27(14-6-1)30-21-23-35-33(25-30)34-26-31(22-24-36(34)43(35)32-19-11-4-12-20-32)39-41-37(28-15-7-2-8-16-28)40-38(42-39)29-17-9-3-10-18-29/h1-26H. The number of rotatable bonds is 5. The minimum Gasteiger partial charge on any atom is -0.309 e. The van der Waals surface area contributed by atoms with Crippen LogP contribution in [0.1, 0.15) is 0 Å². The highest BCUT2D eigenvalue weighted by molar-refractivity contribution is 6.11. The van der Waals surface area contributed by atoms with E-state index in [-0.39, 0.29) is 0 Å². The van der Waals surface area contributed by atoms with Crippen LogP contribution in [0.3, 0.4) is 0 Å². The fourth-order valence-electron chi connectivity index (χ4n) is 5.77. The normalized spacial score (nSPS) is 11.3. The van der Waals surface area contributed by atoms with E-state index in [9.17, 15) is 0 Å². The van der Waals surface area contributed by atoms with E-state index in [0.717, 1.165) is 38.8 Å². The fraction of sp³-hybridized carbons (Fsp3) is 0. The highest BCUT2D eigenvalue weighted by atomic mass is 15.0. The molecule has 2 aromatic heterocycles. The van der Waals surface area contributed by atoms with Gasteiger partial charge in [0, 0.05) is 33.2 Å². The summed E-state index contributed by atoms with van der Waals surface area (Å²) in [6, 6.07) is 54.5. The first kappa shape index (κ1) is 24.9. The van der Waals surface area contributed by atoms with Crippen molar-refractivity contribution in [2.24, 2.45) is 0 Å². The van der Waals surface area contributed by atoms with Gasteiger partial charge in [0.25, 0.3) is 0 Å². The molecule has 0 saturated carbocycles. The van der Waals surface area contributed by atoms with Crippen molar-refractivity contribution >= 4 is 21.8 Å². The van der Waals surface area contributed by atoms with E-state index in [0.29, 0.717) is 17.5 Å². The third-order valence-corrected chi connectivity index (χ3v) is 7.84. The van der Waals surface area contributed by atoms with E-state index in [2.05, 4.69) is 102 Å². The average Bonchev–Trinajstić information content (AvgIpc) is 3.42. The summed E-state index contributed by atoms with van der Waals surface area (Å²) in [7, 11) is 0. The molecule has 0 saturated heterocycles. The lowest BCUT2D eigenvalue weighted by Gasteiger charge is -2.09. The molecule has 0 spiro atoms. The maximum absolute atomic E-state index is 4.99. The molecule has 6 aromatic carbocycles. The van der Waals surface area contributed by atoms with Crippen LogP contribution < -0.4 is 0 Å². The minimum absolute atomic E-state index is 0.648. The quantitative estimate of drug-likeness (QED) is 0.214. The molecule has 0 N–H and O–H groups in total. The molecule has 4 heteroatoms. The molecule has 0 aliphatic rings. The predicted molar refractivity (Wildman–Crippen MR) is 176 cm³/mol. The molecule has 8 rings (SSSR count). The van der Waals surface area contributed by atoms with Crippen molar-refractivity contribution < 1.29 is 0 Å². The SMILES string of the molecule is c1ccc(-c2ccc3c(c2)c2cc(-c4nc(-c5ccccc5)nc(-c5ccccc5)n4)ccc2n3-c2ccccc2)cc1. The van der Waals surface area contributed by atoms with Gasteiger partial charge in [0.15, 0.2) is 17.5 Å². The number of aromatic nitrogens is 4. The third-order valence-electron chi connectivity index (χ3n) is 7.84. The van der Waals surface area contributed by atoms with E-state index in [1.807, 2.05) is 60.7 Å². The molecule has 0 atom stereocenters. The molecular weight excluding hydrogens is 524 g/mol. The second-order valence-electron chi connectivity index (χ2n) is 10.5. The smallest absolute Gasteiger partial charge is 0.164 e. The van der Waals surface area contributed by atoms with Crippen LogP contribution in [0.4, 0.5) is 0 Å². The zero-order chi connectivity index (χ0) is 28.6. The molecule has 0 unspecified atom stereocenters. The van der Waals surface area contributed by atoms with Gasteiger partial charge in [-0.3, -0.25) is 0 Å². The Bertz CT molecular complexity index is 2150. The lowest BCUT2D eigenvalue weighted by molar-refractivity contribution is 1.07. The Morgan fingerprint density at radius 2 is 0.721 bits per heavy atom. The molecule has 43 heavy (non-hydrogen) atoms.